The normalized spacial score (nSPS) is 11.3. The molecule has 154 valence electrons. The molecule has 0 fully saturated rings. The highest BCUT2D eigenvalue weighted by Crippen LogP contribution is 2.19. The predicted octanol–water partition coefficient (Wildman–Crippen LogP) is 4.78. The van der Waals surface area contributed by atoms with Crippen molar-refractivity contribution in [3.63, 3.8) is 0 Å². The van der Waals surface area contributed by atoms with E-state index in [1.807, 2.05) is 39.0 Å². The zero-order valence-electron chi connectivity index (χ0n) is 17.1. The summed E-state index contributed by atoms with van der Waals surface area (Å²) in [5.41, 5.74) is 1.91. The number of furan rings is 1. The molecule has 0 aliphatic carbocycles. The molecule has 0 aliphatic heterocycles. The minimum absolute atomic E-state index is 0.0127. The number of carbonyl (C=O) groups excluding carboxylic acids is 2. The van der Waals surface area contributed by atoms with Crippen LogP contribution < -0.4 is 15.4 Å². The highest BCUT2D eigenvalue weighted by atomic mass is 16.5. The van der Waals surface area contributed by atoms with E-state index in [0.29, 0.717) is 22.8 Å². The number of hydrogen-bond donors (Lipinski definition) is 2. The monoisotopic (exact) mass is 404 g/mol. The maximum Gasteiger partial charge on any atom is 0.272 e. The van der Waals surface area contributed by atoms with Crippen molar-refractivity contribution < 1.29 is 18.7 Å². The Balaban J connectivity index is 1.83. The fraction of sp³-hybridized carbons (Fsp3) is 0.167. The Bertz CT molecular complexity index is 1050. The first kappa shape index (κ1) is 20.9. The molecule has 2 N–H and O–H groups in total. The fourth-order valence-electron chi connectivity index (χ4n) is 2.81. The predicted molar refractivity (Wildman–Crippen MR) is 116 cm³/mol. The van der Waals surface area contributed by atoms with Gasteiger partial charge in [-0.15, -0.1) is 0 Å². The highest BCUT2D eigenvalue weighted by molar-refractivity contribution is 6.10. The highest BCUT2D eigenvalue weighted by Gasteiger charge is 2.17. The Morgan fingerprint density at radius 1 is 1.03 bits per heavy atom. The summed E-state index contributed by atoms with van der Waals surface area (Å²) < 4.78 is 11.0. The van der Waals surface area contributed by atoms with Crippen LogP contribution in [0.25, 0.3) is 6.08 Å². The second-order valence-corrected chi connectivity index (χ2v) is 6.99. The lowest BCUT2D eigenvalue weighted by Crippen LogP contribution is -2.31. The van der Waals surface area contributed by atoms with Gasteiger partial charge in [-0.3, -0.25) is 9.59 Å². The van der Waals surface area contributed by atoms with E-state index in [1.54, 1.807) is 42.5 Å². The molecule has 2 amide bonds. The fourth-order valence-corrected chi connectivity index (χ4v) is 2.81. The standard InChI is InChI=1S/C24H24N2O4/c1-16(2)30-20-10-6-9-18(14-20)25-24(28)22(15-19-11-7-13-29-19)26-23(27)21-12-5-4-8-17(21)3/h4-16H,1-3H3,(H,25,28)(H,26,27)/b22-15-. The summed E-state index contributed by atoms with van der Waals surface area (Å²) in [6.45, 7) is 5.69. The van der Waals surface area contributed by atoms with Crippen LogP contribution in [0.3, 0.4) is 0 Å². The Kier molecular flexibility index (Phi) is 6.70. The molecule has 0 radical (unpaired) electrons. The van der Waals surface area contributed by atoms with Crippen LogP contribution in [0.2, 0.25) is 0 Å². The smallest absolute Gasteiger partial charge is 0.272 e. The van der Waals surface area contributed by atoms with Crippen LogP contribution in [-0.4, -0.2) is 17.9 Å². The third-order valence-electron chi connectivity index (χ3n) is 4.18. The van der Waals surface area contributed by atoms with Crippen molar-refractivity contribution in [1.29, 1.82) is 0 Å². The Labute approximate surface area is 175 Å². The summed E-state index contributed by atoms with van der Waals surface area (Å²) >= 11 is 0. The molecule has 0 saturated heterocycles. The molecule has 6 nitrogen and oxygen atoms in total. The number of carbonyl (C=O) groups is 2. The maximum atomic E-state index is 12.9. The van der Waals surface area contributed by atoms with E-state index in [9.17, 15) is 9.59 Å². The van der Waals surface area contributed by atoms with Gasteiger partial charge in [0.05, 0.1) is 12.4 Å². The Morgan fingerprint density at radius 3 is 2.53 bits per heavy atom. The number of ether oxygens (including phenoxy) is 1. The molecule has 6 heteroatoms. The van der Waals surface area contributed by atoms with Gasteiger partial charge in [0.1, 0.15) is 17.2 Å². The average Bonchev–Trinajstić information content (AvgIpc) is 3.20. The van der Waals surface area contributed by atoms with Crippen LogP contribution >= 0.6 is 0 Å². The van der Waals surface area contributed by atoms with Crippen molar-refractivity contribution in [3.8, 4) is 5.75 Å². The topological polar surface area (TPSA) is 80.6 Å². The van der Waals surface area contributed by atoms with Crippen molar-refractivity contribution in [2.24, 2.45) is 0 Å². The first-order valence-electron chi connectivity index (χ1n) is 9.62. The van der Waals surface area contributed by atoms with Crippen LogP contribution in [-0.2, 0) is 4.79 Å². The lowest BCUT2D eigenvalue weighted by Gasteiger charge is -2.13. The van der Waals surface area contributed by atoms with Crippen LogP contribution in [0.5, 0.6) is 5.75 Å². The average molecular weight is 404 g/mol. The summed E-state index contributed by atoms with van der Waals surface area (Å²) in [6, 6.07) is 17.7. The summed E-state index contributed by atoms with van der Waals surface area (Å²) in [6.07, 6.45) is 3.00. The number of anilines is 1. The molecule has 0 bridgehead atoms. The molecule has 3 rings (SSSR count). The van der Waals surface area contributed by atoms with Gasteiger partial charge in [-0.2, -0.15) is 0 Å². The summed E-state index contributed by atoms with van der Waals surface area (Å²) in [5, 5.41) is 5.49. The molecular formula is C24H24N2O4. The number of amides is 2. The molecule has 2 aromatic carbocycles. The van der Waals surface area contributed by atoms with E-state index in [2.05, 4.69) is 10.6 Å². The Hall–Kier alpha value is -3.80. The largest absolute Gasteiger partial charge is 0.491 e. The van der Waals surface area contributed by atoms with Crippen molar-refractivity contribution in [2.45, 2.75) is 26.9 Å². The van der Waals surface area contributed by atoms with Crippen LogP contribution in [0.15, 0.2) is 77.0 Å². The van der Waals surface area contributed by atoms with E-state index in [0.717, 1.165) is 5.56 Å². The van der Waals surface area contributed by atoms with Crippen LogP contribution in [0.1, 0.15) is 35.5 Å². The molecule has 1 heterocycles. The van der Waals surface area contributed by atoms with Crippen molar-refractivity contribution >= 4 is 23.6 Å². The van der Waals surface area contributed by atoms with E-state index in [-0.39, 0.29) is 17.7 Å². The molecule has 3 aromatic rings. The van der Waals surface area contributed by atoms with Gasteiger partial charge < -0.3 is 19.8 Å². The van der Waals surface area contributed by atoms with E-state index in [4.69, 9.17) is 9.15 Å². The number of nitrogens with one attached hydrogen (secondary N) is 2. The van der Waals surface area contributed by atoms with Crippen LogP contribution in [0.4, 0.5) is 5.69 Å². The van der Waals surface area contributed by atoms with Gasteiger partial charge >= 0.3 is 0 Å². The lowest BCUT2D eigenvalue weighted by molar-refractivity contribution is -0.113. The molecular weight excluding hydrogens is 380 g/mol. The van der Waals surface area contributed by atoms with Gasteiger partial charge in [0.2, 0.25) is 0 Å². The Morgan fingerprint density at radius 2 is 1.83 bits per heavy atom. The first-order valence-corrected chi connectivity index (χ1v) is 9.62. The third kappa shape index (κ3) is 5.61. The van der Waals surface area contributed by atoms with Gasteiger partial charge in [-0.05, 0) is 56.7 Å². The first-order chi connectivity index (χ1) is 14.4. The van der Waals surface area contributed by atoms with E-state index >= 15 is 0 Å². The zero-order chi connectivity index (χ0) is 21.5. The van der Waals surface area contributed by atoms with Gasteiger partial charge in [0, 0.05) is 23.4 Å². The number of aryl methyl sites for hydroxylation is 1. The molecule has 0 spiro atoms. The molecule has 0 atom stereocenters. The lowest BCUT2D eigenvalue weighted by atomic mass is 10.1. The van der Waals surface area contributed by atoms with E-state index in [1.165, 1.54) is 12.3 Å². The second-order valence-electron chi connectivity index (χ2n) is 6.99. The molecule has 30 heavy (non-hydrogen) atoms. The molecule has 0 saturated carbocycles. The third-order valence-corrected chi connectivity index (χ3v) is 4.18. The van der Waals surface area contributed by atoms with E-state index < -0.39 is 5.91 Å². The molecule has 1 aromatic heterocycles. The number of rotatable bonds is 7. The van der Waals surface area contributed by atoms with Crippen molar-refractivity contribution in [2.75, 3.05) is 5.32 Å². The minimum atomic E-state index is -0.477. The number of benzene rings is 2. The molecule has 0 unspecified atom stereocenters. The van der Waals surface area contributed by atoms with Crippen molar-refractivity contribution in [3.05, 3.63) is 89.5 Å². The summed E-state index contributed by atoms with van der Waals surface area (Å²) in [5.74, 6) is 0.235. The van der Waals surface area contributed by atoms with Gasteiger partial charge in [-0.1, -0.05) is 24.3 Å². The molecule has 0 aliphatic rings. The zero-order valence-corrected chi connectivity index (χ0v) is 17.1. The van der Waals surface area contributed by atoms with Gasteiger partial charge in [-0.25, -0.2) is 0 Å². The quantitative estimate of drug-likeness (QED) is 0.555. The summed E-state index contributed by atoms with van der Waals surface area (Å²) in [4.78, 5) is 25.7. The van der Waals surface area contributed by atoms with Gasteiger partial charge in [0.15, 0.2) is 0 Å². The van der Waals surface area contributed by atoms with Crippen molar-refractivity contribution in [1.82, 2.24) is 5.32 Å². The minimum Gasteiger partial charge on any atom is -0.491 e. The second kappa shape index (κ2) is 9.60. The van der Waals surface area contributed by atoms with Crippen LogP contribution in [0, 0.1) is 6.92 Å². The van der Waals surface area contributed by atoms with Gasteiger partial charge in [0.25, 0.3) is 11.8 Å². The summed E-state index contributed by atoms with van der Waals surface area (Å²) in [7, 11) is 0. The maximum absolute atomic E-state index is 12.9. The number of hydrogen-bond acceptors (Lipinski definition) is 4. The SMILES string of the molecule is Cc1ccccc1C(=O)N/C(=C\c1ccco1)C(=O)Nc1cccc(OC(C)C)c1.